The lowest BCUT2D eigenvalue weighted by molar-refractivity contribution is 0.0549. The van der Waals surface area contributed by atoms with Crippen molar-refractivity contribution in [3.05, 3.63) is 59.2 Å². The summed E-state index contributed by atoms with van der Waals surface area (Å²) in [6.45, 7) is 0. The minimum absolute atomic E-state index is 0.0955. The number of hydrogen-bond acceptors (Lipinski definition) is 6. The lowest BCUT2D eigenvalue weighted by Crippen LogP contribution is -2.15. The zero-order valence-corrected chi connectivity index (χ0v) is 13.9. The second-order valence-electron chi connectivity index (χ2n) is 4.79. The van der Waals surface area contributed by atoms with Crippen molar-refractivity contribution in [2.75, 3.05) is 14.2 Å². The molecule has 3 aromatic rings. The Morgan fingerprint density at radius 3 is 2.38 bits per heavy atom. The zero-order chi connectivity index (χ0) is 17.1. The number of rotatable bonds is 4. The first-order chi connectivity index (χ1) is 11.7. The minimum atomic E-state index is -0.632. The van der Waals surface area contributed by atoms with E-state index in [2.05, 4.69) is 4.98 Å². The number of hydrogen-bond donors (Lipinski definition) is 0. The number of benzene rings is 1. The van der Waals surface area contributed by atoms with Gasteiger partial charge in [0.15, 0.2) is 5.13 Å². The topological polar surface area (TPSA) is 70.4 Å². The fraction of sp³-hybridized carbons (Fsp3) is 0.118. The summed E-state index contributed by atoms with van der Waals surface area (Å²) in [5.74, 6) is -1.24. The van der Waals surface area contributed by atoms with E-state index in [0.29, 0.717) is 10.8 Å². The average Bonchev–Trinajstić information content (AvgIpc) is 3.28. The molecule has 122 valence electrons. The fourth-order valence-corrected chi connectivity index (χ4v) is 3.08. The van der Waals surface area contributed by atoms with Crippen molar-refractivity contribution in [1.82, 2.24) is 9.55 Å². The second-order valence-corrected chi connectivity index (χ2v) is 5.66. The molecule has 3 rings (SSSR count). The van der Waals surface area contributed by atoms with Crippen LogP contribution in [-0.4, -0.2) is 35.7 Å². The highest BCUT2D eigenvalue weighted by molar-refractivity contribution is 7.12. The summed E-state index contributed by atoms with van der Waals surface area (Å²) in [4.78, 5) is 28.8. The number of carbonyl (C=O) groups is 2. The lowest BCUT2D eigenvalue weighted by atomic mass is 10.1. The molecular formula is C17H14N2O4S. The number of thiazole rings is 1. The standard InChI is InChI=1S/C17H14N2O4S/c1-22-15(20)12-10-13(11-6-4-3-5-7-11)19(14(12)16(21)23-2)17-18-8-9-24-17/h3-10H,1-2H3. The first-order valence-electron chi connectivity index (χ1n) is 7.05. The van der Waals surface area contributed by atoms with Gasteiger partial charge in [-0.25, -0.2) is 14.6 Å². The van der Waals surface area contributed by atoms with Crippen molar-refractivity contribution in [2.24, 2.45) is 0 Å². The maximum atomic E-state index is 12.3. The number of nitrogens with zero attached hydrogens (tertiary/aromatic N) is 2. The van der Waals surface area contributed by atoms with E-state index in [1.165, 1.54) is 25.6 Å². The van der Waals surface area contributed by atoms with Crippen LogP contribution in [0.4, 0.5) is 0 Å². The first-order valence-corrected chi connectivity index (χ1v) is 7.93. The molecule has 0 spiro atoms. The van der Waals surface area contributed by atoms with Gasteiger partial charge in [-0.3, -0.25) is 4.57 Å². The highest BCUT2D eigenvalue weighted by Crippen LogP contribution is 2.31. The Kier molecular flexibility index (Phi) is 4.43. The number of carbonyl (C=O) groups excluding carboxylic acids is 2. The van der Waals surface area contributed by atoms with Crippen molar-refractivity contribution >= 4 is 23.3 Å². The molecule has 7 heteroatoms. The summed E-state index contributed by atoms with van der Waals surface area (Å²) in [6, 6.07) is 11.1. The smallest absolute Gasteiger partial charge is 0.356 e. The van der Waals surface area contributed by atoms with Gasteiger partial charge in [0.25, 0.3) is 0 Å². The summed E-state index contributed by atoms with van der Waals surface area (Å²) >= 11 is 1.35. The molecule has 0 amide bonds. The van der Waals surface area contributed by atoms with Gasteiger partial charge in [0.05, 0.1) is 25.5 Å². The fourth-order valence-electron chi connectivity index (χ4n) is 2.42. The van der Waals surface area contributed by atoms with Crippen LogP contribution in [0.3, 0.4) is 0 Å². The van der Waals surface area contributed by atoms with Crippen LogP contribution < -0.4 is 0 Å². The minimum Gasteiger partial charge on any atom is -0.465 e. The van der Waals surface area contributed by atoms with Crippen LogP contribution in [-0.2, 0) is 9.47 Å². The zero-order valence-electron chi connectivity index (χ0n) is 13.1. The maximum absolute atomic E-state index is 12.3. The molecule has 6 nitrogen and oxygen atoms in total. The van der Waals surface area contributed by atoms with Crippen molar-refractivity contribution in [2.45, 2.75) is 0 Å². The molecule has 0 N–H and O–H groups in total. The van der Waals surface area contributed by atoms with Crippen molar-refractivity contribution in [1.29, 1.82) is 0 Å². The molecule has 0 saturated heterocycles. The Morgan fingerprint density at radius 1 is 1.08 bits per heavy atom. The van der Waals surface area contributed by atoms with Crippen LogP contribution in [0.5, 0.6) is 0 Å². The SMILES string of the molecule is COC(=O)c1cc(-c2ccccc2)n(-c2nccs2)c1C(=O)OC. The Balaban J connectivity index is 2.35. The summed E-state index contributed by atoms with van der Waals surface area (Å²) in [7, 11) is 2.54. The first kappa shape index (κ1) is 15.9. The van der Waals surface area contributed by atoms with Crippen molar-refractivity contribution in [3.8, 4) is 16.4 Å². The van der Waals surface area contributed by atoms with Crippen LogP contribution in [0, 0.1) is 0 Å². The Bertz CT molecular complexity index is 870. The molecule has 0 radical (unpaired) electrons. The summed E-state index contributed by atoms with van der Waals surface area (Å²) in [6.07, 6.45) is 1.63. The summed E-state index contributed by atoms with van der Waals surface area (Å²) in [5, 5.41) is 2.35. The molecule has 0 aliphatic carbocycles. The van der Waals surface area contributed by atoms with E-state index in [-0.39, 0.29) is 11.3 Å². The van der Waals surface area contributed by atoms with E-state index in [9.17, 15) is 9.59 Å². The molecule has 0 aliphatic rings. The number of methoxy groups -OCH3 is 2. The van der Waals surface area contributed by atoms with Gasteiger partial charge in [0, 0.05) is 11.6 Å². The lowest BCUT2D eigenvalue weighted by Gasteiger charge is -2.10. The van der Waals surface area contributed by atoms with Gasteiger partial charge < -0.3 is 9.47 Å². The van der Waals surface area contributed by atoms with Gasteiger partial charge in [0.1, 0.15) is 5.69 Å². The van der Waals surface area contributed by atoms with Gasteiger partial charge in [-0.2, -0.15) is 0 Å². The monoisotopic (exact) mass is 342 g/mol. The average molecular weight is 342 g/mol. The normalized spacial score (nSPS) is 10.4. The van der Waals surface area contributed by atoms with Crippen LogP contribution in [0.1, 0.15) is 20.8 Å². The number of aromatic nitrogens is 2. The third-order valence-corrected chi connectivity index (χ3v) is 4.22. The predicted octanol–water partition coefficient (Wildman–Crippen LogP) is 3.17. The van der Waals surface area contributed by atoms with Crippen LogP contribution in [0.25, 0.3) is 16.4 Å². The Morgan fingerprint density at radius 2 is 1.79 bits per heavy atom. The Labute approximate surface area is 142 Å². The largest absolute Gasteiger partial charge is 0.465 e. The third kappa shape index (κ3) is 2.69. The van der Waals surface area contributed by atoms with Crippen molar-refractivity contribution in [3.63, 3.8) is 0 Å². The van der Waals surface area contributed by atoms with Crippen LogP contribution in [0.2, 0.25) is 0 Å². The maximum Gasteiger partial charge on any atom is 0.356 e. The van der Waals surface area contributed by atoms with E-state index >= 15 is 0 Å². The molecule has 0 saturated carbocycles. The van der Waals surface area contributed by atoms with E-state index in [1.807, 2.05) is 30.3 Å². The number of esters is 2. The molecule has 2 aromatic heterocycles. The van der Waals surface area contributed by atoms with Gasteiger partial charge in [-0.1, -0.05) is 30.3 Å². The van der Waals surface area contributed by atoms with E-state index in [0.717, 1.165) is 5.56 Å². The molecule has 24 heavy (non-hydrogen) atoms. The highest BCUT2D eigenvalue weighted by atomic mass is 32.1. The summed E-state index contributed by atoms with van der Waals surface area (Å²) < 4.78 is 11.3. The molecule has 0 fully saturated rings. The van der Waals surface area contributed by atoms with Crippen molar-refractivity contribution < 1.29 is 19.1 Å². The summed E-state index contributed by atoms with van der Waals surface area (Å²) in [5.41, 5.74) is 1.73. The highest BCUT2D eigenvalue weighted by Gasteiger charge is 2.29. The molecule has 2 heterocycles. The molecular weight excluding hydrogens is 328 g/mol. The number of ether oxygens (including phenoxy) is 2. The van der Waals surface area contributed by atoms with Gasteiger partial charge in [0.2, 0.25) is 0 Å². The van der Waals surface area contributed by atoms with E-state index in [1.54, 1.807) is 22.2 Å². The predicted molar refractivity (Wildman–Crippen MR) is 89.6 cm³/mol. The van der Waals surface area contributed by atoms with Crippen LogP contribution >= 0.6 is 11.3 Å². The quantitative estimate of drug-likeness (QED) is 0.681. The van der Waals surface area contributed by atoms with Gasteiger partial charge >= 0.3 is 11.9 Å². The van der Waals surface area contributed by atoms with Crippen LogP contribution in [0.15, 0.2) is 48.0 Å². The van der Waals surface area contributed by atoms with Gasteiger partial charge in [-0.15, -0.1) is 11.3 Å². The molecule has 1 aromatic carbocycles. The molecule has 0 unspecified atom stereocenters. The van der Waals surface area contributed by atoms with E-state index < -0.39 is 11.9 Å². The van der Waals surface area contributed by atoms with Gasteiger partial charge in [-0.05, 0) is 11.6 Å². The second kappa shape index (κ2) is 6.67. The molecule has 0 aliphatic heterocycles. The molecule has 0 atom stereocenters. The van der Waals surface area contributed by atoms with E-state index in [4.69, 9.17) is 9.47 Å². The third-order valence-electron chi connectivity index (χ3n) is 3.46. The Hall–Kier alpha value is -2.93. The molecule has 0 bridgehead atoms.